The highest BCUT2D eigenvalue weighted by Crippen LogP contribution is 2.46. The fraction of sp³-hybridized carbons (Fsp3) is 0.400. The molecule has 0 saturated heterocycles. The van der Waals surface area contributed by atoms with Crippen LogP contribution >= 0.6 is 0 Å². The average Bonchev–Trinajstić information content (AvgIpc) is 3.04. The summed E-state index contributed by atoms with van der Waals surface area (Å²) in [6.07, 6.45) is 18.7. The Morgan fingerprint density at radius 3 is 0.575 bits per heavy atom. The summed E-state index contributed by atoms with van der Waals surface area (Å²) in [6.45, 7) is 0. The number of nitrogens with zero attached hydrogens (tertiary/aromatic N) is 15. The normalized spacial score (nSPS) is 23.8. The smallest absolute Gasteiger partial charge is 0.135 e. The van der Waals surface area contributed by atoms with Crippen molar-refractivity contribution in [2.45, 2.75) is 61.7 Å². The van der Waals surface area contributed by atoms with E-state index in [-0.39, 0.29) is 29.6 Å². The maximum Gasteiger partial charge on any atom is 0.135 e. The highest BCUT2D eigenvalue weighted by molar-refractivity contribution is 5.12. The molecule has 0 N–H and O–H groups in total. The molecule has 6 rings (SSSR count). The second kappa shape index (κ2) is 12.3. The van der Waals surface area contributed by atoms with E-state index < -0.39 is 0 Å². The van der Waals surface area contributed by atoms with Gasteiger partial charge in [-0.3, -0.25) is 0 Å². The molecule has 40 heavy (non-hydrogen) atoms. The molecule has 5 aromatic rings. The van der Waals surface area contributed by atoms with Crippen molar-refractivity contribution in [2.24, 2.45) is 0 Å². The summed E-state index contributed by atoms with van der Waals surface area (Å²) in [7, 11) is 0. The van der Waals surface area contributed by atoms with Crippen LogP contribution in [0.15, 0.2) is 63.3 Å². The Bertz CT molecular complexity index is 1170. The molecule has 0 aliphatic heterocycles. The number of rotatable bonds is 5. The van der Waals surface area contributed by atoms with Crippen LogP contribution in [-0.4, -0.2) is 74.8 Å². The highest BCUT2D eigenvalue weighted by Gasteiger charge is 2.36. The Morgan fingerprint density at radius 1 is 0.275 bits per heavy atom. The standard InChI is InChI=1S/C25H25N15/c1-16(21-31-6-26-7-32-21)2-18(23-35-10-28-11-36-23)4-20(25-39-14-30-15-40-25)5-19(24-37-12-29-13-38-24)3-17(1)22-33-8-27-9-34-22/h6-20H,1-5H2. The maximum absolute atomic E-state index is 4.54. The first-order valence-electron chi connectivity index (χ1n) is 12.9. The van der Waals surface area contributed by atoms with Gasteiger partial charge in [0.15, 0.2) is 0 Å². The van der Waals surface area contributed by atoms with E-state index in [4.69, 9.17) is 0 Å². The van der Waals surface area contributed by atoms with Gasteiger partial charge in [0.1, 0.15) is 92.4 Å². The van der Waals surface area contributed by atoms with Crippen molar-refractivity contribution in [3.8, 4) is 0 Å². The molecular formula is C25H25N15. The first kappa shape index (κ1) is 25.3. The summed E-state index contributed by atoms with van der Waals surface area (Å²) in [6, 6.07) is 0. The molecule has 0 atom stereocenters. The number of hydrogen-bond donors (Lipinski definition) is 0. The first-order chi connectivity index (χ1) is 19.8. The molecule has 200 valence electrons. The van der Waals surface area contributed by atoms with Crippen LogP contribution in [0.5, 0.6) is 0 Å². The van der Waals surface area contributed by atoms with E-state index in [1.807, 2.05) is 0 Å². The van der Waals surface area contributed by atoms with Crippen LogP contribution in [0.1, 0.15) is 90.8 Å². The molecule has 15 nitrogen and oxygen atoms in total. The van der Waals surface area contributed by atoms with E-state index in [1.54, 1.807) is 0 Å². The lowest BCUT2D eigenvalue weighted by Gasteiger charge is -2.32. The largest absolute Gasteiger partial charge is 0.225 e. The Morgan fingerprint density at radius 2 is 0.425 bits per heavy atom. The summed E-state index contributed by atoms with van der Waals surface area (Å²) in [5, 5.41) is 0. The molecule has 5 heterocycles. The fourth-order valence-corrected chi connectivity index (χ4v) is 5.55. The van der Waals surface area contributed by atoms with Crippen LogP contribution in [-0.2, 0) is 0 Å². The van der Waals surface area contributed by atoms with E-state index in [9.17, 15) is 0 Å². The van der Waals surface area contributed by atoms with Crippen molar-refractivity contribution in [3.63, 3.8) is 0 Å². The van der Waals surface area contributed by atoms with Gasteiger partial charge in [-0.05, 0) is 32.1 Å². The molecular weight excluding hydrogens is 510 g/mol. The van der Waals surface area contributed by atoms with Crippen LogP contribution in [0.25, 0.3) is 0 Å². The minimum Gasteiger partial charge on any atom is -0.225 e. The maximum atomic E-state index is 4.54. The van der Waals surface area contributed by atoms with Crippen LogP contribution in [0.2, 0.25) is 0 Å². The van der Waals surface area contributed by atoms with E-state index in [2.05, 4.69) is 74.8 Å². The minimum absolute atomic E-state index is 0.0670. The average molecular weight is 536 g/mol. The van der Waals surface area contributed by atoms with Gasteiger partial charge < -0.3 is 0 Å². The molecule has 1 saturated carbocycles. The molecule has 0 bridgehead atoms. The van der Waals surface area contributed by atoms with Crippen molar-refractivity contribution in [1.29, 1.82) is 0 Å². The van der Waals surface area contributed by atoms with Crippen LogP contribution < -0.4 is 0 Å². The molecule has 0 aromatic carbocycles. The van der Waals surface area contributed by atoms with Gasteiger partial charge in [-0.25, -0.2) is 74.8 Å². The lowest BCUT2D eigenvalue weighted by molar-refractivity contribution is 0.324. The van der Waals surface area contributed by atoms with Gasteiger partial charge in [-0.1, -0.05) is 0 Å². The Kier molecular flexibility index (Phi) is 7.77. The zero-order chi connectivity index (χ0) is 27.0. The van der Waals surface area contributed by atoms with E-state index >= 15 is 0 Å². The summed E-state index contributed by atoms with van der Waals surface area (Å²) >= 11 is 0. The van der Waals surface area contributed by atoms with E-state index in [1.165, 1.54) is 63.3 Å². The third kappa shape index (κ3) is 6.03. The van der Waals surface area contributed by atoms with Gasteiger partial charge in [-0.15, -0.1) is 0 Å². The van der Waals surface area contributed by atoms with Gasteiger partial charge in [0.05, 0.1) is 0 Å². The van der Waals surface area contributed by atoms with E-state index in [0.717, 1.165) is 0 Å². The van der Waals surface area contributed by atoms with Crippen molar-refractivity contribution in [3.05, 3.63) is 92.4 Å². The molecule has 0 spiro atoms. The molecule has 0 radical (unpaired) electrons. The third-order valence-electron chi connectivity index (χ3n) is 7.24. The summed E-state index contributed by atoms with van der Waals surface area (Å²) < 4.78 is 0. The zero-order valence-electron chi connectivity index (χ0n) is 21.4. The molecule has 1 fully saturated rings. The predicted octanol–water partition coefficient (Wildman–Crippen LogP) is 1.79. The van der Waals surface area contributed by atoms with Crippen LogP contribution in [0.3, 0.4) is 0 Å². The van der Waals surface area contributed by atoms with Crippen LogP contribution in [0.4, 0.5) is 0 Å². The minimum atomic E-state index is -0.0670. The van der Waals surface area contributed by atoms with Crippen molar-refractivity contribution in [2.75, 3.05) is 0 Å². The lowest BCUT2D eigenvalue weighted by Crippen LogP contribution is -2.23. The number of aromatic nitrogens is 15. The molecule has 1 aliphatic rings. The predicted molar refractivity (Wildman–Crippen MR) is 136 cm³/mol. The van der Waals surface area contributed by atoms with Gasteiger partial charge >= 0.3 is 0 Å². The summed E-state index contributed by atoms with van der Waals surface area (Å²) in [4.78, 5) is 65.7. The highest BCUT2D eigenvalue weighted by atomic mass is 15.0. The van der Waals surface area contributed by atoms with Crippen LogP contribution in [0, 0.1) is 0 Å². The Hall–Kier alpha value is -4.95. The van der Waals surface area contributed by atoms with E-state index in [0.29, 0.717) is 61.2 Å². The van der Waals surface area contributed by atoms with Gasteiger partial charge in [0.2, 0.25) is 0 Å². The molecule has 0 amide bonds. The quantitative estimate of drug-likeness (QED) is 0.316. The summed E-state index contributed by atoms with van der Waals surface area (Å²) in [5.74, 6) is 3.15. The number of hydrogen-bond acceptors (Lipinski definition) is 15. The lowest BCUT2D eigenvalue weighted by atomic mass is 9.74. The molecule has 5 aromatic heterocycles. The summed E-state index contributed by atoms with van der Waals surface area (Å²) in [5.41, 5.74) is 0. The molecule has 15 heteroatoms. The Balaban J connectivity index is 1.48. The fourth-order valence-electron chi connectivity index (χ4n) is 5.55. The molecule has 0 unspecified atom stereocenters. The SMILES string of the molecule is c1ncnc(C2CC(c3ncncn3)CC(c3ncncn3)CC(c3ncncn3)CC(c3ncncn3)C2)n1. The zero-order valence-corrected chi connectivity index (χ0v) is 21.4. The topological polar surface area (TPSA) is 193 Å². The first-order valence-corrected chi connectivity index (χ1v) is 12.9. The van der Waals surface area contributed by atoms with Gasteiger partial charge in [-0.2, -0.15) is 0 Å². The van der Waals surface area contributed by atoms with Gasteiger partial charge in [0, 0.05) is 29.6 Å². The second-order valence-electron chi connectivity index (χ2n) is 9.65. The van der Waals surface area contributed by atoms with Crippen molar-refractivity contribution in [1.82, 2.24) is 74.8 Å². The molecule has 1 aliphatic carbocycles. The van der Waals surface area contributed by atoms with Gasteiger partial charge in [0.25, 0.3) is 0 Å². The second-order valence-corrected chi connectivity index (χ2v) is 9.65. The monoisotopic (exact) mass is 535 g/mol. The third-order valence-corrected chi connectivity index (χ3v) is 7.24. The van der Waals surface area contributed by atoms with Crippen molar-refractivity contribution >= 4 is 0 Å². The Labute approximate surface area is 229 Å². The van der Waals surface area contributed by atoms with Crippen molar-refractivity contribution < 1.29 is 0 Å².